The van der Waals surface area contributed by atoms with Gasteiger partial charge in [0.1, 0.15) is 11.6 Å². The Morgan fingerprint density at radius 3 is 2.58 bits per heavy atom. The van der Waals surface area contributed by atoms with Gasteiger partial charge in [-0.05, 0) is 48.4 Å². The average molecular weight is 327 g/mol. The lowest BCUT2D eigenvalue weighted by atomic mass is 9.89. The predicted molar refractivity (Wildman–Crippen MR) is 73.8 cm³/mol. The molecule has 2 aromatic carbocycles. The molecule has 0 fully saturated rings. The predicted octanol–water partition coefficient (Wildman–Crippen LogP) is 4.18. The summed E-state index contributed by atoms with van der Waals surface area (Å²) in [6, 6.07) is 10.3. The van der Waals surface area contributed by atoms with E-state index in [0.29, 0.717) is 11.1 Å². The van der Waals surface area contributed by atoms with Gasteiger partial charge in [-0.2, -0.15) is 0 Å². The van der Waals surface area contributed by atoms with Crippen molar-refractivity contribution in [3.05, 3.63) is 69.7 Å². The van der Waals surface area contributed by atoms with E-state index in [2.05, 4.69) is 15.9 Å². The van der Waals surface area contributed by atoms with Crippen LogP contribution < -0.4 is 0 Å². The number of hydrogen-bond donors (Lipinski definition) is 1. The quantitative estimate of drug-likeness (QED) is 0.897. The van der Waals surface area contributed by atoms with Crippen LogP contribution in [0.15, 0.2) is 46.9 Å². The Morgan fingerprint density at radius 1 is 1.16 bits per heavy atom. The van der Waals surface area contributed by atoms with E-state index in [1.807, 2.05) is 0 Å². The Hall–Kier alpha value is -1.26. The van der Waals surface area contributed by atoms with Crippen LogP contribution in [0.1, 0.15) is 18.1 Å². The molecule has 1 unspecified atom stereocenters. The normalized spacial score (nSPS) is 14.2. The molecule has 0 saturated heterocycles. The van der Waals surface area contributed by atoms with Crippen LogP contribution in [-0.2, 0) is 12.0 Å². The van der Waals surface area contributed by atoms with Crippen molar-refractivity contribution in [1.29, 1.82) is 0 Å². The van der Waals surface area contributed by atoms with Gasteiger partial charge < -0.3 is 5.11 Å². The van der Waals surface area contributed by atoms with Crippen molar-refractivity contribution in [2.45, 2.75) is 18.9 Å². The van der Waals surface area contributed by atoms with Gasteiger partial charge in [0, 0.05) is 10.9 Å². The summed E-state index contributed by atoms with van der Waals surface area (Å²) in [5, 5.41) is 10.4. The third-order valence-electron chi connectivity index (χ3n) is 2.99. The van der Waals surface area contributed by atoms with E-state index < -0.39 is 11.4 Å². The van der Waals surface area contributed by atoms with Crippen molar-refractivity contribution < 1.29 is 13.9 Å². The van der Waals surface area contributed by atoms with Crippen LogP contribution in [0, 0.1) is 11.6 Å². The smallest absolute Gasteiger partial charge is 0.126 e. The van der Waals surface area contributed by atoms with E-state index in [1.165, 1.54) is 24.3 Å². The fourth-order valence-electron chi connectivity index (χ4n) is 1.98. The zero-order valence-electron chi connectivity index (χ0n) is 10.3. The Kier molecular flexibility index (Phi) is 4.02. The summed E-state index contributed by atoms with van der Waals surface area (Å²) >= 11 is 3.26. The maximum atomic E-state index is 13.7. The molecule has 2 aromatic rings. The Morgan fingerprint density at radius 2 is 1.89 bits per heavy atom. The molecule has 1 atom stereocenters. The molecule has 100 valence electrons. The van der Waals surface area contributed by atoms with Crippen LogP contribution in [0.25, 0.3) is 0 Å². The molecule has 2 rings (SSSR count). The Balaban J connectivity index is 2.33. The summed E-state index contributed by atoms with van der Waals surface area (Å²) in [7, 11) is 0. The maximum Gasteiger partial charge on any atom is 0.126 e. The molecular formula is C15H13BrF2O. The van der Waals surface area contributed by atoms with Crippen LogP contribution in [0.2, 0.25) is 0 Å². The third-order valence-corrected chi connectivity index (χ3v) is 3.48. The van der Waals surface area contributed by atoms with Gasteiger partial charge in [0.2, 0.25) is 0 Å². The number of aliphatic hydroxyl groups is 1. The molecule has 0 saturated carbocycles. The monoisotopic (exact) mass is 326 g/mol. The zero-order chi connectivity index (χ0) is 14.0. The second-order valence-electron chi connectivity index (χ2n) is 4.70. The highest BCUT2D eigenvalue weighted by molar-refractivity contribution is 9.10. The van der Waals surface area contributed by atoms with E-state index >= 15 is 0 Å². The zero-order valence-corrected chi connectivity index (χ0v) is 11.9. The van der Waals surface area contributed by atoms with Crippen LogP contribution >= 0.6 is 15.9 Å². The van der Waals surface area contributed by atoms with Crippen LogP contribution in [0.4, 0.5) is 8.78 Å². The average Bonchev–Trinajstić information content (AvgIpc) is 2.33. The van der Waals surface area contributed by atoms with E-state index in [-0.39, 0.29) is 12.2 Å². The van der Waals surface area contributed by atoms with E-state index in [4.69, 9.17) is 0 Å². The highest BCUT2D eigenvalue weighted by Crippen LogP contribution is 2.28. The lowest BCUT2D eigenvalue weighted by molar-refractivity contribution is 0.0563. The van der Waals surface area contributed by atoms with Crippen LogP contribution in [0.5, 0.6) is 0 Å². The van der Waals surface area contributed by atoms with Gasteiger partial charge in [0.15, 0.2) is 0 Å². The SMILES string of the molecule is CC(O)(Cc1cc(Br)ccc1F)c1cccc(F)c1. The fraction of sp³-hybridized carbons (Fsp3) is 0.200. The van der Waals surface area contributed by atoms with E-state index in [1.54, 1.807) is 25.1 Å². The standard InChI is InChI=1S/C15H13BrF2O/c1-15(19,11-3-2-4-13(17)8-11)9-10-7-12(16)5-6-14(10)18/h2-8,19H,9H2,1H3. The van der Waals surface area contributed by atoms with Crippen LogP contribution in [0.3, 0.4) is 0 Å². The first-order chi connectivity index (χ1) is 8.88. The Bertz CT molecular complexity index is 596. The summed E-state index contributed by atoms with van der Waals surface area (Å²) in [5.74, 6) is -0.813. The highest BCUT2D eigenvalue weighted by Gasteiger charge is 2.25. The molecule has 0 heterocycles. The summed E-state index contributed by atoms with van der Waals surface area (Å²) in [6.45, 7) is 1.54. The van der Waals surface area contributed by atoms with Crippen molar-refractivity contribution in [1.82, 2.24) is 0 Å². The van der Waals surface area contributed by atoms with Crippen molar-refractivity contribution in [2.75, 3.05) is 0 Å². The van der Waals surface area contributed by atoms with Crippen molar-refractivity contribution >= 4 is 15.9 Å². The number of halogens is 3. The van der Waals surface area contributed by atoms with Gasteiger partial charge in [0.05, 0.1) is 5.60 Å². The molecule has 1 N–H and O–H groups in total. The molecule has 0 aliphatic heterocycles. The molecule has 1 nitrogen and oxygen atoms in total. The molecule has 0 aliphatic rings. The topological polar surface area (TPSA) is 20.2 Å². The molecule has 0 spiro atoms. The first kappa shape index (κ1) is 14.2. The number of hydrogen-bond acceptors (Lipinski definition) is 1. The molecular weight excluding hydrogens is 314 g/mol. The third kappa shape index (κ3) is 3.39. The summed E-state index contributed by atoms with van der Waals surface area (Å²) < 4.78 is 27.6. The van der Waals surface area contributed by atoms with Gasteiger partial charge in [-0.3, -0.25) is 0 Å². The largest absolute Gasteiger partial charge is 0.385 e. The number of benzene rings is 2. The second-order valence-corrected chi connectivity index (χ2v) is 5.61. The van der Waals surface area contributed by atoms with Gasteiger partial charge >= 0.3 is 0 Å². The van der Waals surface area contributed by atoms with Gasteiger partial charge in [-0.15, -0.1) is 0 Å². The lowest BCUT2D eigenvalue weighted by Gasteiger charge is -2.24. The molecule has 0 aliphatic carbocycles. The van der Waals surface area contributed by atoms with Crippen LogP contribution in [-0.4, -0.2) is 5.11 Å². The summed E-state index contributed by atoms with van der Waals surface area (Å²) in [5.41, 5.74) is -0.528. The van der Waals surface area contributed by atoms with Crippen molar-refractivity contribution in [3.63, 3.8) is 0 Å². The summed E-state index contributed by atoms with van der Waals surface area (Å²) in [4.78, 5) is 0. The minimum absolute atomic E-state index is 0.0712. The molecule has 19 heavy (non-hydrogen) atoms. The molecule has 0 radical (unpaired) electrons. The first-order valence-corrected chi connectivity index (χ1v) is 6.60. The van der Waals surface area contributed by atoms with Crippen molar-refractivity contribution in [2.24, 2.45) is 0 Å². The van der Waals surface area contributed by atoms with Crippen molar-refractivity contribution in [3.8, 4) is 0 Å². The minimum Gasteiger partial charge on any atom is -0.385 e. The minimum atomic E-state index is -1.33. The molecule has 4 heteroatoms. The Labute approximate surface area is 119 Å². The van der Waals surface area contributed by atoms with Gasteiger partial charge in [-0.25, -0.2) is 8.78 Å². The maximum absolute atomic E-state index is 13.7. The number of rotatable bonds is 3. The molecule has 0 aromatic heterocycles. The summed E-state index contributed by atoms with van der Waals surface area (Å²) in [6.07, 6.45) is 0.0712. The second kappa shape index (κ2) is 5.39. The lowest BCUT2D eigenvalue weighted by Crippen LogP contribution is -2.25. The van der Waals surface area contributed by atoms with E-state index in [0.717, 1.165) is 4.47 Å². The van der Waals surface area contributed by atoms with Gasteiger partial charge in [-0.1, -0.05) is 28.1 Å². The van der Waals surface area contributed by atoms with E-state index in [9.17, 15) is 13.9 Å². The first-order valence-electron chi connectivity index (χ1n) is 5.81. The molecule has 0 bridgehead atoms. The fourth-order valence-corrected chi connectivity index (χ4v) is 2.38. The molecule has 0 amide bonds. The highest BCUT2D eigenvalue weighted by atomic mass is 79.9. The van der Waals surface area contributed by atoms with Gasteiger partial charge in [0.25, 0.3) is 0 Å².